The first-order chi connectivity index (χ1) is 17.1. The summed E-state index contributed by atoms with van der Waals surface area (Å²) >= 11 is 9.20. The van der Waals surface area contributed by atoms with Crippen LogP contribution in [0.15, 0.2) is 57.7 Å². The molecule has 4 rings (SSSR count). The van der Waals surface area contributed by atoms with Crippen LogP contribution in [0, 0.1) is 5.92 Å². The number of thiocarbonyl (C=S) groups is 1. The number of thioether (sulfide) groups is 2. The molecular formula is C29H31NO3S3. The molecule has 0 fully saturated rings. The number of amides is 1. The summed E-state index contributed by atoms with van der Waals surface area (Å²) in [6.07, 6.45) is 0.747. The van der Waals surface area contributed by atoms with Gasteiger partial charge in [0.05, 0.1) is 31.8 Å². The van der Waals surface area contributed by atoms with Gasteiger partial charge in [-0.2, -0.15) is 0 Å². The second-order valence-corrected chi connectivity index (χ2v) is 12.1. The van der Waals surface area contributed by atoms with Crippen LogP contribution in [0.25, 0.3) is 10.5 Å². The predicted molar refractivity (Wildman–Crippen MR) is 157 cm³/mol. The molecular weight excluding hydrogens is 507 g/mol. The molecule has 0 radical (unpaired) electrons. The Bertz CT molecular complexity index is 1290. The Hall–Kier alpha value is -2.35. The maximum Gasteiger partial charge on any atom is 0.230 e. The molecule has 2 heterocycles. The zero-order valence-electron chi connectivity index (χ0n) is 21.5. The summed E-state index contributed by atoms with van der Waals surface area (Å²) in [6.45, 7) is 12.1. The second kappa shape index (κ2) is 10.6. The van der Waals surface area contributed by atoms with Gasteiger partial charge in [0.1, 0.15) is 5.75 Å². The van der Waals surface area contributed by atoms with E-state index in [4.69, 9.17) is 17.0 Å². The molecule has 1 amide bonds. The first kappa shape index (κ1) is 26.7. The summed E-state index contributed by atoms with van der Waals surface area (Å²) in [4.78, 5) is 30.5. The van der Waals surface area contributed by atoms with Crippen LogP contribution in [-0.2, 0) is 9.59 Å². The van der Waals surface area contributed by atoms with E-state index in [1.807, 2.05) is 88.0 Å². The van der Waals surface area contributed by atoms with Crippen LogP contribution in [0.2, 0.25) is 0 Å². The molecule has 0 aliphatic carbocycles. The number of hydrogen-bond donors (Lipinski definition) is 0. The standard InChI is InChI=1S/C29H31NO3S3/c1-7-17(3)27(32)30-22-15-14-20(33-8-2)16-21(22)23(26(34)29(30,5)6)28-35-24(18(4)31)25(36-28)19-12-10-9-11-13-19/h9-17H,7-8H2,1-6H3/b28-23+/t17-/m1/s1. The average molecular weight is 538 g/mol. The Morgan fingerprint density at radius 3 is 2.39 bits per heavy atom. The van der Waals surface area contributed by atoms with E-state index in [0.717, 1.165) is 48.6 Å². The van der Waals surface area contributed by atoms with Crippen molar-refractivity contribution in [3.05, 3.63) is 68.8 Å². The third-order valence-electron chi connectivity index (χ3n) is 6.54. The number of ether oxygens (including phenoxy) is 1. The summed E-state index contributed by atoms with van der Waals surface area (Å²) in [7, 11) is 0. The largest absolute Gasteiger partial charge is 0.494 e. The van der Waals surface area contributed by atoms with Crippen LogP contribution >= 0.6 is 35.7 Å². The smallest absolute Gasteiger partial charge is 0.230 e. The molecule has 0 spiro atoms. The van der Waals surface area contributed by atoms with Crippen LogP contribution in [-0.4, -0.2) is 28.7 Å². The predicted octanol–water partition coefficient (Wildman–Crippen LogP) is 7.73. The van der Waals surface area contributed by atoms with Gasteiger partial charge in [0.2, 0.25) is 5.91 Å². The zero-order valence-corrected chi connectivity index (χ0v) is 24.0. The molecule has 0 saturated carbocycles. The van der Waals surface area contributed by atoms with Gasteiger partial charge in [-0.15, -0.1) is 0 Å². The van der Waals surface area contributed by atoms with Crippen molar-refractivity contribution in [2.24, 2.45) is 5.92 Å². The number of hydrogen-bond acceptors (Lipinski definition) is 6. The van der Waals surface area contributed by atoms with Crippen molar-refractivity contribution in [2.75, 3.05) is 11.5 Å². The van der Waals surface area contributed by atoms with Crippen LogP contribution in [0.3, 0.4) is 0 Å². The molecule has 0 unspecified atom stereocenters. The van der Waals surface area contributed by atoms with Crippen molar-refractivity contribution < 1.29 is 14.3 Å². The normalized spacial score (nSPS) is 19.8. The number of benzene rings is 2. The topological polar surface area (TPSA) is 46.6 Å². The van der Waals surface area contributed by atoms with E-state index in [-0.39, 0.29) is 17.6 Å². The first-order valence-electron chi connectivity index (χ1n) is 12.2. The van der Waals surface area contributed by atoms with Gasteiger partial charge in [-0.1, -0.05) is 79.9 Å². The lowest BCUT2D eigenvalue weighted by atomic mass is 9.82. The Kier molecular flexibility index (Phi) is 7.83. The molecule has 188 valence electrons. The highest BCUT2D eigenvalue weighted by Crippen LogP contribution is 2.58. The number of carbonyl (C=O) groups is 2. The summed E-state index contributed by atoms with van der Waals surface area (Å²) in [5.41, 5.74) is 2.89. The van der Waals surface area contributed by atoms with Crippen LogP contribution < -0.4 is 9.64 Å². The van der Waals surface area contributed by atoms with Gasteiger partial charge in [0.25, 0.3) is 0 Å². The van der Waals surface area contributed by atoms with Crippen LogP contribution in [0.1, 0.15) is 59.1 Å². The molecule has 0 aromatic heterocycles. The lowest BCUT2D eigenvalue weighted by molar-refractivity contribution is -0.122. The van der Waals surface area contributed by atoms with Crippen LogP contribution in [0.4, 0.5) is 5.69 Å². The summed E-state index contributed by atoms with van der Waals surface area (Å²) in [5.74, 6) is 0.675. The fourth-order valence-electron chi connectivity index (χ4n) is 4.40. The van der Waals surface area contributed by atoms with E-state index < -0.39 is 5.54 Å². The number of rotatable bonds is 6. The van der Waals surface area contributed by atoms with Gasteiger partial charge in [-0.05, 0) is 57.9 Å². The van der Waals surface area contributed by atoms with E-state index in [2.05, 4.69) is 0 Å². The quantitative estimate of drug-likeness (QED) is 0.278. The van der Waals surface area contributed by atoms with Crippen LogP contribution in [0.5, 0.6) is 5.75 Å². The molecule has 2 aromatic rings. The highest BCUT2D eigenvalue weighted by atomic mass is 32.2. The Morgan fingerprint density at radius 2 is 1.78 bits per heavy atom. The Balaban J connectivity index is 1.94. The SMILES string of the molecule is CCOc1ccc2c(c1)/C(=C1/SC(C(C)=O)=C(c3ccccc3)S1)C(=S)C(C)(C)N2C(=O)[C@H](C)CC. The van der Waals surface area contributed by atoms with Gasteiger partial charge >= 0.3 is 0 Å². The maximum atomic E-state index is 13.6. The molecule has 7 heteroatoms. The highest BCUT2D eigenvalue weighted by Gasteiger charge is 2.46. The molecule has 36 heavy (non-hydrogen) atoms. The number of allylic oxidation sites excluding steroid dienone is 1. The minimum Gasteiger partial charge on any atom is -0.494 e. The van der Waals surface area contributed by atoms with Crippen molar-refractivity contribution in [3.8, 4) is 5.75 Å². The molecule has 2 aliphatic rings. The molecule has 0 N–H and O–H groups in total. The molecule has 2 aliphatic heterocycles. The van der Waals surface area contributed by atoms with Crippen molar-refractivity contribution >= 4 is 68.5 Å². The van der Waals surface area contributed by atoms with E-state index in [1.54, 1.807) is 18.7 Å². The number of Topliss-reactive ketones (excluding diaryl/α,β-unsaturated/α-hetero) is 1. The average Bonchev–Trinajstić information content (AvgIpc) is 3.30. The van der Waals surface area contributed by atoms with E-state index in [1.165, 1.54) is 11.8 Å². The van der Waals surface area contributed by atoms with E-state index in [0.29, 0.717) is 11.5 Å². The minimum absolute atomic E-state index is 0.0276. The lowest BCUT2D eigenvalue weighted by Gasteiger charge is -2.46. The fourth-order valence-corrected chi connectivity index (χ4v) is 7.59. The van der Waals surface area contributed by atoms with Gasteiger partial charge in [-0.3, -0.25) is 9.59 Å². The minimum atomic E-state index is -0.717. The van der Waals surface area contributed by atoms with Crippen molar-refractivity contribution in [2.45, 2.75) is 53.5 Å². The maximum absolute atomic E-state index is 13.6. The number of anilines is 1. The van der Waals surface area contributed by atoms with Gasteiger partial charge in [0, 0.05) is 22.0 Å². The molecule has 1 atom stereocenters. The monoisotopic (exact) mass is 537 g/mol. The van der Waals surface area contributed by atoms with Gasteiger partial charge < -0.3 is 9.64 Å². The molecule has 0 bridgehead atoms. The second-order valence-electron chi connectivity index (χ2n) is 9.43. The van der Waals surface area contributed by atoms with Crippen molar-refractivity contribution in [1.29, 1.82) is 0 Å². The molecule has 4 nitrogen and oxygen atoms in total. The summed E-state index contributed by atoms with van der Waals surface area (Å²) in [6, 6.07) is 15.8. The summed E-state index contributed by atoms with van der Waals surface area (Å²) in [5, 5.41) is 0. The summed E-state index contributed by atoms with van der Waals surface area (Å²) < 4.78 is 6.80. The Morgan fingerprint density at radius 1 is 1.08 bits per heavy atom. The van der Waals surface area contributed by atoms with Crippen molar-refractivity contribution in [1.82, 2.24) is 0 Å². The third-order valence-corrected chi connectivity index (χ3v) is 9.99. The first-order valence-corrected chi connectivity index (χ1v) is 14.2. The lowest BCUT2D eigenvalue weighted by Crippen LogP contribution is -2.57. The number of carbonyl (C=O) groups excluding carboxylic acids is 2. The van der Waals surface area contributed by atoms with E-state index >= 15 is 0 Å². The number of nitrogens with zero attached hydrogens (tertiary/aromatic N) is 1. The van der Waals surface area contributed by atoms with Gasteiger partial charge in [-0.25, -0.2) is 0 Å². The number of ketones is 1. The number of fused-ring (bicyclic) bond motifs is 1. The fraction of sp³-hybridized carbons (Fsp3) is 0.345. The van der Waals surface area contributed by atoms with Gasteiger partial charge in [0.15, 0.2) is 5.78 Å². The molecule has 2 aromatic carbocycles. The third kappa shape index (κ3) is 4.69. The zero-order chi connectivity index (χ0) is 26.2. The highest BCUT2D eigenvalue weighted by molar-refractivity contribution is 8.32. The molecule has 0 saturated heterocycles. The Labute approximate surface area is 227 Å². The van der Waals surface area contributed by atoms with Crippen molar-refractivity contribution in [3.63, 3.8) is 0 Å². The van der Waals surface area contributed by atoms with E-state index in [9.17, 15) is 9.59 Å².